The average molecular weight is 618 g/mol. The van der Waals surface area contributed by atoms with Crippen molar-refractivity contribution in [3.05, 3.63) is 111 Å². The third-order valence-electron chi connectivity index (χ3n) is 6.90. The molecule has 1 unspecified atom stereocenters. The molecule has 13 heteroatoms. The summed E-state index contributed by atoms with van der Waals surface area (Å²) in [6.45, 7) is -1.65. The van der Waals surface area contributed by atoms with Gasteiger partial charge in [0.1, 0.15) is 23.2 Å². The van der Waals surface area contributed by atoms with Gasteiger partial charge in [-0.15, -0.1) is 0 Å². The van der Waals surface area contributed by atoms with Crippen molar-refractivity contribution < 1.29 is 41.4 Å². The molecular weight excluding hydrogens is 589 g/mol. The molecule has 1 aliphatic heterocycles. The number of alkyl halides is 3. The van der Waals surface area contributed by atoms with Crippen molar-refractivity contribution in [2.75, 3.05) is 31.2 Å². The molecule has 1 fully saturated rings. The Bertz CT molecular complexity index is 1670. The van der Waals surface area contributed by atoms with Crippen molar-refractivity contribution in [3.63, 3.8) is 0 Å². The van der Waals surface area contributed by atoms with Gasteiger partial charge in [0.2, 0.25) is 0 Å². The predicted molar refractivity (Wildman–Crippen MR) is 153 cm³/mol. The number of morpholine rings is 1. The van der Waals surface area contributed by atoms with E-state index in [1.807, 2.05) is 30.3 Å². The highest BCUT2D eigenvalue weighted by atomic mass is 19.4. The monoisotopic (exact) mass is 617 g/mol. The Balaban J connectivity index is 0.00000104. The first-order valence-corrected chi connectivity index (χ1v) is 13.5. The first kappa shape index (κ1) is 32.1. The topological polar surface area (TPSA) is 101 Å². The van der Waals surface area contributed by atoms with Crippen LogP contribution in [0.4, 0.5) is 27.6 Å². The highest BCUT2D eigenvalue weighted by Gasteiger charge is 2.26. The second-order valence-corrected chi connectivity index (χ2v) is 9.84. The smallest absolute Gasteiger partial charge is 0.379 e. The molecule has 0 spiro atoms. The summed E-state index contributed by atoms with van der Waals surface area (Å²) in [6.07, 6.45) is -0.131. The van der Waals surface area contributed by atoms with Gasteiger partial charge in [0.05, 0.1) is 25.3 Å². The van der Waals surface area contributed by atoms with E-state index in [-0.39, 0.29) is 24.2 Å². The number of para-hydroxylation sites is 1. The summed E-state index contributed by atoms with van der Waals surface area (Å²) in [6, 6.07) is 18.4. The number of carboxylic acid groups (broad SMARTS) is 1. The quantitative estimate of drug-likeness (QED) is 0.277. The van der Waals surface area contributed by atoms with Gasteiger partial charge in [-0.25, -0.2) is 13.6 Å². The number of hydrogen-bond acceptors (Lipinski definition) is 5. The van der Waals surface area contributed by atoms with Gasteiger partial charge in [-0.1, -0.05) is 42.5 Å². The third kappa shape index (κ3) is 8.19. The molecule has 1 atom stereocenters. The standard InChI is InChI=1S/C30H27F2N3O5.CHF3/c31-23-16-22(34-10-12-40-13-11-34)17-24(32)28(23)29(37)33-25(30(38)39)15-19-4-3-5-20(14-19)18-35-26-7-2-1-6-21(26)8-9-27(35)36;2-1(3)4/h1-9,14,16-17,25H,10-13,15,18H2,(H,33,37)(H,38,39);1H. The first-order chi connectivity index (χ1) is 21.0. The molecule has 4 aromatic rings. The normalized spacial score (nSPS) is 13.7. The number of aromatic nitrogens is 1. The summed E-state index contributed by atoms with van der Waals surface area (Å²) in [7, 11) is 0. The Morgan fingerprint density at radius 1 is 0.886 bits per heavy atom. The molecule has 1 aromatic heterocycles. The van der Waals surface area contributed by atoms with Crippen LogP contribution >= 0.6 is 0 Å². The number of nitrogens with zero attached hydrogens (tertiary/aromatic N) is 2. The Morgan fingerprint density at radius 2 is 1.52 bits per heavy atom. The van der Waals surface area contributed by atoms with E-state index >= 15 is 0 Å². The average Bonchev–Trinajstić information content (AvgIpc) is 2.98. The molecule has 44 heavy (non-hydrogen) atoms. The lowest BCUT2D eigenvalue weighted by atomic mass is 10.0. The van der Waals surface area contributed by atoms with Crippen LogP contribution in [-0.4, -0.2) is 60.6 Å². The van der Waals surface area contributed by atoms with Crippen LogP contribution in [-0.2, 0) is 22.5 Å². The van der Waals surface area contributed by atoms with Crippen LogP contribution in [0.1, 0.15) is 21.5 Å². The molecule has 0 bridgehead atoms. The van der Waals surface area contributed by atoms with Gasteiger partial charge in [0, 0.05) is 31.3 Å². The van der Waals surface area contributed by atoms with Gasteiger partial charge >= 0.3 is 12.6 Å². The number of aliphatic carboxylic acids is 1. The predicted octanol–water partition coefficient (Wildman–Crippen LogP) is 4.77. The highest BCUT2D eigenvalue weighted by Crippen LogP contribution is 2.23. The second-order valence-electron chi connectivity index (χ2n) is 9.84. The van der Waals surface area contributed by atoms with Crippen molar-refractivity contribution in [1.82, 2.24) is 9.88 Å². The van der Waals surface area contributed by atoms with Crippen LogP contribution in [0, 0.1) is 11.6 Å². The van der Waals surface area contributed by atoms with Crippen LogP contribution in [0.25, 0.3) is 10.9 Å². The maximum Gasteiger partial charge on any atom is 0.379 e. The largest absolute Gasteiger partial charge is 0.480 e. The summed E-state index contributed by atoms with van der Waals surface area (Å²) >= 11 is 0. The Kier molecular flexibility index (Phi) is 10.7. The third-order valence-corrected chi connectivity index (χ3v) is 6.90. The number of rotatable bonds is 8. The molecular formula is C31H28F5N3O5. The lowest BCUT2D eigenvalue weighted by molar-refractivity contribution is -0.139. The first-order valence-electron chi connectivity index (χ1n) is 13.5. The number of carboxylic acids is 1. The minimum Gasteiger partial charge on any atom is -0.480 e. The number of halogens is 5. The van der Waals surface area contributed by atoms with Crippen LogP contribution in [0.3, 0.4) is 0 Å². The molecule has 0 aliphatic carbocycles. The summed E-state index contributed by atoms with van der Waals surface area (Å²) < 4.78 is 65.6. The summed E-state index contributed by atoms with van der Waals surface area (Å²) in [5, 5.41) is 12.9. The van der Waals surface area contributed by atoms with E-state index in [0.717, 1.165) is 28.6 Å². The molecule has 1 aliphatic rings. The number of carbonyl (C=O) groups is 2. The zero-order chi connectivity index (χ0) is 31.8. The lowest BCUT2D eigenvalue weighted by Gasteiger charge is -2.29. The van der Waals surface area contributed by atoms with Crippen molar-refractivity contribution in [2.24, 2.45) is 0 Å². The number of fused-ring (bicyclic) bond motifs is 1. The summed E-state index contributed by atoms with van der Waals surface area (Å²) in [5.41, 5.74) is 1.35. The highest BCUT2D eigenvalue weighted by molar-refractivity contribution is 5.97. The van der Waals surface area contributed by atoms with Gasteiger partial charge < -0.3 is 24.6 Å². The van der Waals surface area contributed by atoms with E-state index < -0.39 is 41.8 Å². The fourth-order valence-corrected chi connectivity index (χ4v) is 4.89. The molecule has 2 heterocycles. The number of ether oxygens (including phenoxy) is 1. The molecule has 0 radical (unpaired) electrons. The van der Waals surface area contributed by atoms with Gasteiger partial charge in [-0.3, -0.25) is 9.59 Å². The minimum absolute atomic E-state index is 0.131. The van der Waals surface area contributed by atoms with E-state index in [0.29, 0.717) is 31.9 Å². The lowest BCUT2D eigenvalue weighted by Crippen LogP contribution is -2.43. The fourth-order valence-electron chi connectivity index (χ4n) is 4.89. The number of benzene rings is 3. The number of pyridine rings is 1. The zero-order valence-electron chi connectivity index (χ0n) is 23.2. The van der Waals surface area contributed by atoms with Gasteiger partial charge in [0.25, 0.3) is 11.5 Å². The maximum absolute atomic E-state index is 14.9. The van der Waals surface area contributed by atoms with Crippen molar-refractivity contribution in [1.29, 1.82) is 0 Å². The van der Waals surface area contributed by atoms with E-state index in [1.54, 1.807) is 33.7 Å². The number of amides is 1. The van der Waals surface area contributed by atoms with Crippen LogP contribution in [0.2, 0.25) is 0 Å². The molecule has 232 valence electrons. The fraction of sp³-hybridized carbons (Fsp3) is 0.258. The van der Waals surface area contributed by atoms with Gasteiger partial charge in [-0.05, 0) is 40.8 Å². The van der Waals surface area contributed by atoms with E-state index in [1.165, 1.54) is 6.07 Å². The molecule has 8 nitrogen and oxygen atoms in total. The number of hydrogen-bond donors (Lipinski definition) is 2. The van der Waals surface area contributed by atoms with Crippen LogP contribution < -0.4 is 15.8 Å². The second kappa shape index (κ2) is 14.6. The van der Waals surface area contributed by atoms with E-state index in [9.17, 15) is 41.4 Å². The SMILES string of the molecule is FC(F)F.O=C(NC(Cc1cccc(Cn2c(=O)ccc3ccccc32)c1)C(=O)O)c1c(F)cc(N2CCOCC2)cc1F. The van der Waals surface area contributed by atoms with Crippen molar-refractivity contribution in [2.45, 2.75) is 25.7 Å². The summed E-state index contributed by atoms with van der Waals surface area (Å²) in [5.74, 6) is -4.67. The Morgan fingerprint density at radius 3 is 2.18 bits per heavy atom. The molecule has 5 rings (SSSR count). The van der Waals surface area contributed by atoms with Crippen molar-refractivity contribution in [3.8, 4) is 0 Å². The number of anilines is 1. The van der Waals surface area contributed by atoms with Gasteiger partial charge in [-0.2, -0.15) is 13.2 Å². The molecule has 1 saturated heterocycles. The van der Waals surface area contributed by atoms with Crippen molar-refractivity contribution >= 4 is 28.5 Å². The zero-order valence-corrected chi connectivity index (χ0v) is 23.2. The minimum atomic E-state index is -3.67. The number of carbonyl (C=O) groups excluding carboxylic acids is 1. The number of nitrogens with one attached hydrogen (secondary N) is 1. The van der Waals surface area contributed by atoms with Crippen LogP contribution in [0.5, 0.6) is 0 Å². The maximum atomic E-state index is 14.9. The molecule has 1 amide bonds. The Labute approximate surface area is 248 Å². The molecule has 3 aromatic carbocycles. The Hall–Kier alpha value is -4.78. The molecule has 0 saturated carbocycles. The molecule has 2 N–H and O–H groups in total. The summed E-state index contributed by atoms with van der Waals surface area (Å²) in [4.78, 5) is 39.2. The van der Waals surface area contributed by atoms with E-state index in [4.69, 9.17) is 4.74 Å². The van der Waals surface area contributed by atoms with E-state index in [2.05, 4.69) is 5.32 Å². The van der Waals surface area contributed by atoms with Gasteiger partial charge in [0.15, 0.2) is 0 Å². The van der Waals surface area contributed by atoms with Crippen LogP contribution in [0.15, 0.2) is 77.6 Å².